The molecule has 1 aliphatic rings. The molecule has 2 atom stereocenters. The number of anilines is 1. The SMILES string of the molecule is CC(=O)C1CN(c2ccccc2)CCC1(C)O. The highest BCUT2D eigenvalue weighted by molar-refractivity contribution is 5.80. The van der Waals surface area contributed by atoms with Gasteiger partial charge in [0.2, 0.25) is 0 Å². The first kappa shape index (κ1) is 12.1. The fraction of sp³-hybridized carbons (Fsp3) is 0.500. The summed E-state index contributed by atoms with van der Waals surface area (Å²) in [5, 5.41) is 10.2. The lowest BCUT2D eigenvalue weighted by Gasteiger charge is -2.42. The van der Waals surface area contributed by atoms with E-state index < -0.39 is 5.60 Å². The molecule has 1 aromatic rings. The number of hydrogen-bond acceptors (Lipinski definition) is 3. The van der Waals surface area contributed by atoms with Crippen LogP contribution < -0.4 is 4.90 Å². The highest BCUT2D eigenvalue weighted by Crippen LogP contribution is 2.31. The molecule has 3 nitrogen and oxygen atoms in total. The van der Waals surface area contributed by atoms with Gasteiger partial charge in [-0.3, -0.25) is 4.79 Å². The first-order valence-corrected chi connectivity index (χ1v) is 6.03. The molecule has 17 heavy (non-hydrogen) atoms. The van der Waals surface area contributed by atoms with Crippen LogP contribution in [0.5, 0.6) is 0 Å². The van der Waals surface area contributed by atoms with Crippen LogP contribution >= 0.6 is 0 Å². The van der Waals surface area contributed by atoms with Crippen molar-refractivity contribution in [3.63, 3.8) is 0 Å². The van der Waals surface area contributed by atoms with Crippen LogP contribution in [0.3, 0.4) is 0 Å². The van der Waals surface area contributed by atoms with Crippen molar-refractivity contribution in [3.05, 3.63) is 30.3 Å². The van der Waals surface area contributed by atoms with Crippen molar-refractivity contribution in [2.24, 2.45) is 5.92 Å². The van der Waals surface area contributed by atoms with E-state index in [1.165, 1.54) is 0 Å². The number of aliphatic hydroxyl groups is 1. The van der Waals surface area contributed by atoms with Crippen molar-refractivity contribution in [2.45, 2.75) is 25.9 Å². The molecule has 92 valence electrons. The third-order valence-electron chi connectivity index (χ3n) is 3.65. The molecule has 2 unspecified atom stereocenters. The monoisotopic (exact) mass is 233 g/mol. The number of para-hydroxylation sites is 1. The van der Waals surface area contributed by atoms with Gasteiger partial charge in [0.05, 0.1) is 11.5 Å². The number of nitrogens with zero attached hydrogens (tertiary/aromatic N) is 1. The summed E-state index contributed by atoms with van der Waals surface area (Å²) in [6.07, 6.45) is 0.631. The number of rotatable bonds is 2. The summed E-state index contributed by atoms with van der Waals surface area (Å²) in [6.45, 7) is 4.72. The Balaban J connectivity index is 2.18. The van der Waals surface area contributed by atoms with E-state index in [-0.39, 0.29) is 11.7 Å². The Morgan fingerprint density at radius 3 is 2.65 bits per heavy atom. The summed E-state index contributed by atoms with van der Waals surface area (Å²) >= 11 is 0. The smallest absolute Gasteiger partial charge is 0.137 e. The lowest BCUT2D eigenvalue weighted by Crippen LogP contribution is -2.52. The van der Waals surface area contributed by atoms with Gasteiger partial charge in [0, 0.05) is 18.8 Å². The molecule has 3 heteroatoms. The fourth-order valence-electron chi connectivity index (χ4n) is 2.48. The number of hydrogen-bond donors (Lipinski definition) is 1. The van der Waals surface area contributed by atoms with E-state index in [2.05, 4.69) is 4.90 Å². The Labute approximate surface area is 102 Å². The number of carbonyl (C=O) groups is 1. The van der Waals surface area contributed by atoms with Crippen LogP contribution in [0.25, 0.3) is 0 Å². The van der Waals surface area contributed by atoms with Crippen LogP contribution in [0.15, 0.2) is 30.3 Å². The molecule has 0 radical (unpaired) electrons. The zero-order chi connectivity index (χ0) is 12.5. The van der Waals surface area contributed by atoms with Gasteiger partial charge in [0.15, 0.2) is 0 Å². The minimum atomic E-state index is -0.864. The average Bonchev–Trinajstić information content (AvgIpc) is 2.29. The van der Waals surface area contributed by atoms with Crippen molar-refractivity contribution >= 4 is 11.5 Å². The number of Topliss-reactive ketones (excluding diaryl/α,β-unsaturated/α-hetero) is 1. The number of ketones is 1. The van der Waals surface area contributed by atoms with Crippen molar-refractivity contribution < 1.29 is 9.90 Å². The average molecular weight is 233 g/mol. The summed E-state index contributed by atoms with van der Waals surface area (Å²) in [4.78, 5) is 13.8. The first-order chi connectivity index (χ1) is 8.00. The molecule has 0 aromatic heterocycles. The zero-order valence-corrected chi connectivity index (χ0v) is 10.4. The van der Waals surface area contributed by atoms with Gasteiger partial charge in [-0.2, -0.15) is 0 Å². The molecular formula is C14H19NO2. The molecule has 0 bridgehead atoms. The largest absolute Gasteiger partial charge is 0.389 e. The van der Waals surface area contributed by atoms with Crippen molar-refractivity contribution in [1.29, 1.82) is 0 Å². The number of benzene rings is 1. The van der Waals surface area contributed by atoms with Gasteiger partial charge in [-0.1, -0.05) is 18.2 Å². The molecule has 0 amide bonds. The van der Waals surface area contributed by atoms with Gasteiger partial charge >= 0.3 is 0 Å². The minimum Gasteiger partial charge on any atom is -0.389 e. The minimum absolute atomic E-state index is 0.0654. The van der Waals surface area contributed by atoms with E-state index in [1.54, 1.807) is 13.8 Å². The van der Waals surface area contributed by atoms with Gasteiger partial charge < -0.3 is 10.0 Å². The Hall–Kier alpha value is -1.35. The lowest BCUT2D eigenvalue weighted by molar-refractivity contribution is -0.130. The highest BCUT2D eigenvalue weighted by Gasteiger charge is 2.40. The molecule has 1 fully saturated rings. The van der Waals surface area contributed by atoms with Crippen molar-refractivity contribution in [2.75, 3.05) is 18.0 Å². The second kappa shape index (κ2) is 4.49. The second-order valence-corrected chi connectivity index (χ2v) is 5.05. The predicted octanol–water partition coefficient (Wildman–Crippen LogP) is 1.85. The van der Waals surface area contributed by atoms with E-state index in [0.717, 1.165) is 12.2 Å². The highest BCUT2D eigenvalue weighted by atomic mass is 16.3. The predicted molar refractivity (Wildman–Crippen MR) is 68.1 cm³/mol. The topological polar surface area (TPSA) is 40.5 Å². The summed E-state index contributed by atoms with van der Waals surface area (Å²) in [5.41, 5.74) is 0.256. The molecule has 1 heterocycles. The fourth-order valence-corrected chi connectivity index (χ4v) is 2.48. The van der Waals surface area contributed by atoms with Gasteiger partial charge in [-0.15, -0.1) is 0 Å². The third kappa shape index (κ3) is 2.50. The summed E-state index contributed by atoms with van der Waals surface area (Å²) in [5.74, 6) is -0.230. The third-order valence-corrected chi connectivity index (χ3v) is 3.65. The molecule has 0 saturated carbocycles. The lowest BCUT2D eigenvalue weighted by atomic mass is 9.80. The van der Waals surface area contributed by atoms with Crippen LogP contribution in [0.4, 0.5) is 5.69 Å². The van der Waals surface area contributed by atoms with Crippen LogP contribution in [0, 0.1) is 5.92 Å². The molecule has 0 spiro atoms. The molecule has 1 aromatic carbocycles. The van der Waals surface area contributed by atoms with Crippen LogP contribution in [-0.2, 0) is 4.79 Å². The van der Waals surface area contributed by atoms with Gasteiger partial charge in [0.1, 0.15) is 5.78 Å². The molecule has 1 saturated heterocycles. The van der Waals surface area contributed by atoms with E-state index in [0.29, 0.717) is 13.0 Å². The summed E-state index contributed by atoms with van der Waals surface area (Å²) < 4.78 is 0. The number of carbonyl (C=O) groups excluding carboxylic acids is 1. The molecule has 1 N–H and O–H groups in total. The van der Waals surface area contributed by atoms with E-state index in [4.69, 9.17) is 0 Å². The van der Waals surface area contributed by atoms with Gasteiger partial charge in [0.25, 0.3) is 0 Å². The Morgan fingerprint density at radius 2 is 2.06 bits per heavy atom. The van der Waals surface area contributed by atoms with E-state index in [1.807, 2.05) is 30.3 Å². The number of piperidine rings is 1. The summed E-state index contributed by atoms with van der Waals surface area (Å²) in [6, 6.07) is 10.0. The zero-order valence-electron chi connectivity index (χ0n) is 10.4. The van der Waals surface area contributed by atoms with Gasteiger partial charge in [-0.05, 0) is 32.4 Å². The van der Waals surface area contributed by atoms with Crippen molar-refractivity contribution in [1.82, 2.24) is 0 Å². The molecular weight excluding hydrogens is 214 g/mol. The summed E-state index contributed by atoms with van der Waals surface area (Å²) in [7, 11) is 0. The normalized spacial score (nSPS) is 29.1. The Morgan fingerprint density at radius 1 is 1.41 bits per heavy atom. The molecule has 1 aliphatic heterocycles. The van der Waals surface area contributed by atoms with Crippen LogP contribution in [0.2, 0.25) is 0 Å². The van der Waals surface area contributed by atoms with E-state index >= 15 is 0 Å². The van der Waals surface area contributed by atoms with Crippen LogP contribution in [0.1, 0.15) is 20.3 Å². The Bertz CT molecular complexity index is 400. The quantitative estimate of drug-likeness (QED) is 0.847. The van der Waals surface area contributed by atoms with Crippen molar-refractivity contribution in [3.8, 4) is 0 Å². The maximum absolute atomic E-state index is 11.6. The van der Waals surface area contributed by atoms with E-state index in [9.17, 15) is 9.90 Å². The second-order valence-electron chi connectivity index (χ2n) is 5.05. The standard InChI is InChI=1S/C14H19NO2/c1-11(16)13-10-15(9-8-14(13,2)17)12-6-4-3-5-7-12/h3-7,13,17H,8-10H2,1-2H3. The maximum Gasteiger partial charge on any atom is 0.137 e. The van der Waals surface area contributed by atoms with Crippen LogP contribution in [-0.4, -0.2) is 29.6 Å². The Kier molecular flexibility index (Phi) is 3.20. The molecule has 2 rings (SSSR count). The van der Waals surface area contributed by atoms with Gasteiger partial charge in [-0.25, -0.2) is 0 Å². The first-order valence-electron chi connectivity index (χ1n) is 6.03. The molecule has 0 aliphatic carbocycles. The maximum atomic E-state index is 11.6.